The van der Waals surface area contributed by atoms with Gasteiger partial charge in [-0.25, -0.2) is 0 Å². The van der Waals surface area contributed by atoms with Crippen LogP contribution in [0.1, 0.15) is 0 Å². The standard InChI is InChI=1S/C5H5N.2ClH.Fe/c1-2-4-6-5-3-1;;;/h1-5H;2*1H;. The maximum atomic E-state index is 3.78. The molecule has 0 aliphatic carbocycles. The van der Waals surface area contributed by atoms with Gasteiger partial charge in [-0.2, -0.15) is 0 Å². The zero-order chi connectivity index (χ0) is 4.24. The van der Waals surface area contributed by atoms with Crippen molar-refractivity contribution in [2.24, 2.45) is 0 Å². The molecule has 0 saturated heterocycles. The van der Waals surface area contributed by atoms with Gasteiger partial charge in [0.2, 0.25) is 0 Å². The predicted molar refractivity (Wildman–Crippen MR) is 38.7 cm³/mol. The first-order valence-electron chi connectivity index (χ1n) is 1.85. The van der Waals surface area contributed by atoms with Gasteiger partial charge in [0.15, 0.2) is 0 Å². The Balaban J connectivity index is -0.000000120. The summed E-state index contributed by atoms with van der Waals surface area (Å²) in [7, 11) is 0. The topological polar surface area (TPSA) is 12.9 Å². The molecule has 0 spiro atoms. The van der Waals surface area contributed by atoms with Crippen molar-refractivity contribution >= 4 is 24.8 Å². The van der Waals surface area contributed by atoms with E-state index in [1.54, 1.807) is 12.4 Å². The summed E-state index contributed by atoms with van der Waals surface area (Å²) in [5.74, 6) is 0. The van der Waals surface area contributed by atoms with Crippen LogP contribution >= 0.6 is 24.8 Å². The van der Waals surface area contributed by atoms with E-state index in [0.717, 1.165) is 0 Å². The minimum atomic E-state index is 0. The summed E-state index contributed by atoms with van der Waals surface area (Å²) >= 11 is 0. The van der Waals surface area contributed by atoms with E-state index in [9.17, 15) is 0 Å². The van der Waals surface area contributed by atoms with Crippen LogP contribution in [0.2, 0.25) is 0 Å². The normalized spacial score (nSPS) is 5.33. The van der Waals surface area contributed by atoms with E-state index in [1.165, 1.54) is 0 Å². The van der Waals surface area contributed by atoms with Gasteiger partial charge in [0.1, 0.15) is 0 Å². The quantitative estimate of drug-likeness (QED) is 0.593. The fourth-order valence-electron chi connectivity index (χ4n) is 0.313. The molecule has 1 aromatic rings. The Hall–Kier alpha value is 0.249. The molecule has 1 nitrogen and oxygen atoms in total. The van der Waals surface area contributed by atoms with Crippen LogP contribution in [0.3, 0.4) is 0 Å². The Labute approximate surface area is 77.6 Å². The number of hydrogen-bond acceptors (Lipinski definition) is 1. The van der Waals surface area contributed by atoms with Crippen LogP contribution in [0, 0.1) is 0 Å². The Morgan fingerprint density at radius 3 is 1.33 bits per heavy atom. The second-order valence-electron chi connectivity index (χ2n) is 1.02. The molecule has 0 N–H and O–H groups in total. The maximum Gasteiger partial charge on any atom is 0.0267 e. The van der Waals surface area contributed by atoms with E-state index in [-0.39, 0.29) is 41.9 Å². The van der Waals surface area contributed by atoms with Gasteiger partial charge in [-0.1, -0.05) is 6.07 Å². The van der Waals surface area contributed by atoms with Gasteiger partial charge >= 0.3 is 0 Å². The van der Waals surface area contributed by atoms with Crippen LogP contribution in [0.15, 0.2) is 30.6 Å². The molecule has 0 bridgehead atoms. The zero-order valence-corrected chi connectivity index (χ0v) is 7.24. The Morgan fingerprint density at radius 1 is 0.778 bits per heavy atom. The summed E-state index contributed by atoms with van der Waals surface area (Å²) in [5.41, 5.74) is 0. The van der Waals surface area contributed by atoms with Crippen molar-refractivity contribution in [3.63, 3.8) is 0 Å². The molecule has 0 aliphatic heterocycles. The molecule has 0 radical (unpaired) electrons. The number of pyridine rings is 1. The van der Waals surface area contributed by atoms with Crippen LogP contribution in [0.25, 0.3) is 0 Å². The molecule has 0 unspecified atom stereocenters. The summed E-state index contributed by atoms with van der Waals surface area (Å²) in [5, 5.41) is 0. The van der Waals surface area contributed by atoms with Crippen LogP contribution < -0.4 is 0 Å². The van der Waals surface area contributed by atoms with Gasteiger partial charge in [-0.15, -0.1) is 24.8 Å². The van der Waals surface area contributed by atoms with Gasteiger partial charge < -0.3 is 0 Å². The third-order valence-corrected chi connectivity index (χ3v) is 0.566. The molecule has 0 aliphatic rings. The summed E-state index contributed by atoms with van der Waals surface area (Å²) in [4.78, 5) is 3.78. The number of aromatic nitrogens is 1. The van der Waals surface area contributed by atoms with E-state index in [4.69, 9.17) is 0 Å². The first kappa shape index (κ1) is 16.1. The smallest absolute Gasteiger partial charge is 0.0267 e. The van der Waals surface area contributed by atoms with E-state index in [1.807, 2.05) is 18.2 Å². The average Bonchev–Trinajstić information content (AvgIpc) is 1.72. The van der Waals surface area contributed by atoms with Gasteiger partial charge in [0, 0.05) is 29.5 Å². The first-order chi connectivity index (χ1) is 3.00. The van der Waals surface area contributed by atoms with Crippen LogP contribution in [-0.4, -0.2) is 4.98 Å². The number of nitrogens with zero attached hydrogens (tertiary/aromatic N) is 1. The predicted octanol–water partition coefficient (Wildman–Crippen LogP) is 1.92. The van der Waals surface area contributed by atoms with Crippen molar-refractivity contribution < 1.29 is 17.1 Å². The molecule has 4 heteroatoms. The van der Waals surface area contributed by atoms with E-state index >= 15 is 0 Å². The monoisotopic (exact) mass is 207 g/mol. The molecule has 1 rings (SSSR count). The molecule has 0 fully saturated rings. The number of rotatable bonds is 0. The van der Waals surface area contributed by atoms with Crippen LogP contribution in [0.5, 0.6) is 0 Å². The molecule has 54 valence electrons. The molecule has 1 heterocycles. The minimum absolute atomic E-state index is 0. The second kappa shape index (κ2) is 11.1. The molecule has 0 atom stereocenters. The van der Waals surface area contributed by atoms with Gasteiger partial charge in [0.05, 0.1) is 0 Å². The summed E-state index contributed by atoms with van der Waals surface area (Å²) < 4.78 is 0. The molecular formula is C5H7Cl2FeN. The second-order valence-corrected chi connectivity index (χ2v) is 1.02. The fourth-order valence-corrected chi connectivity index (χ4v) is 0.313. The Morgan fingerprint density at radius 2 is 1.22 bits per heavy atom. The van der Waals surface area contributed by atoms with Crippen molar-refractivity contribution in [1.29, 1.82) is 0 Å². The zero-order valence-electron chi connectivity index (χ0n) is 4.50. The van der Waals surface area contributed by atoms with Crippen LogP contribution in [-0.2, 0) is 17.1 Å². The molecular weight excluding hydrogens is 201 g/mol. The van der Waals surface area contributed by atoms with Crippen molar-refractivity contribution in [3.05, 3.63) is 30.6 Å². The van der Waals surface area contributed by atoms with E-state index in [0.29, 0.717) is 0 Å². The molecule has 1 aromatic heterocycles. The maximum absolute atomic E-state index is 3.78. The summed E-state index contributed by atoms with van der Waals surface area (Å²) in [6, 6.07) is 5.72. The fraction of sp³-hybridized carbons (Fsp3) is 0. The number of halogens is 2. The molecule has 0 saturated carbocycles. The van der Waals surface area contributed by atoms with Crippen molar-refractivity contribution in [2.75, 3.05) is 0 Å². The SMILES string of the molecule is Cl.Cl.[Fe].c1ccncc1. The van der Waals surface area contributed by atoms with Gasteiger partial charge in [0.25, 0.3) is 0 Å². The molecule has 9 heavy (non-hydrogen) atoms. The average molecular weight is 208 g/mol. The van der Waals surface area contributed by atoms with Crippen molar-refractivity contribution in [2.45, 2.75) is 0 Å². The third-order valence-electron chi connectivity index (χ3n) is 0.566. The van der Waals surface area contributed by atoms with E-state index < -0.39 is 0 Å². The summed E-state index contributed by atoms with van der Waals surface area (Å²) in [6.45, 7) is 0. The van der Waals surface area contributed by atoms with Crippen molar-refractivity contribution in [3.8, 4) is 0 Å². The minimum Gasteiger partial charge on any atom is -0.265 e. The largest absolute Gasteiger partial charge is 0.265 e. The first-order valence-corrected chi connectivity index (χ1v) is 1.85. The molecule has 0 amide bonds. The van der Waals surface area contributed by atoms with Crippen LogP contribution in [0.4, 0.5) is 0 Å². The summed E-state index contributed by atoms with van der Waals surface area (Å²) in [6.07, 6.45) is 3.50. The number of hydrogen-bond donors (Lipinski definition) is 0. The Bertz CT molecular complexity index is 86.9. The third kappa shape index (κ3) is 8.25. The van der Waals surface area contributed by atoms with Gasteiger partial charge in [-0.3, -0.25) is 4.98 Å². The Kier molecular flexibility index (Phi) is 19.9. The van der Waals surface area contributed by atoms with E-state index in [2.05, 4.69) is 4.98 Å². The molecule has 0 aromatic carbocycles. The van der Waals surface area contributed by atoms with Gasteiger partial charge in [-0.05, 0) is 12.1 Å². The van der Waals surface area contributed by atoms with Crippen molar-refractivity contribution in [1.82, 2.24) is 4.98 Å².